The van der Waals surface area contributed by atoms with E-state index in [1.165, 1.54) is 16.5 Å². The molecule has 128 valence electrons. The van der Waals surface area contributed by atoms with Gasteiger partial charge in [-0.15, -0.1) is 11.3 Å². The Balaban J connectivity index is 1.48. The summed E-state index contributed by atoms with van der Waals surface area (Å²) < 4.78 is 13.8. The van der Waals surface area contributed by atoms with Crippen LogP contribution in [0.1, 0.15) is 21.7 Å². The Morgan fingerprint density at radius 3 is 2.96 bits per heavy atom. The molecule has 3 aromatic rings. The van der Waals surface area contributed by atoms with Gasteiger partial charge in [-0.05, 0) is 36.1 Å². The van der Waals surface area contributed by atoms with Crippen LogP contribution in [0, 0.1) is 12.7 Å². The third-order valence-corrected chi connectivity index (χ3v) is 5.48. The molecule has 1 aliphatic rings. The fraction of sp³-hybridized carbons (Fsp3) is 0.263. The first-order chi connectivity index (χ1) is 12.2. The summed E-state index contributed by atoms with van der Waals surface area (Å²) in [5.41, 5.74) is 3.96. The number of hydrogen-bond acceptors (Lipinski definition) is 5. The summed E-state index contributed by atoms with van der Waals surface area (Å²) in [6.45, 7) is 4.96. The number of hydrogen-bond donors (Lipinski definition) is 1. The van der Waals surface area contributed by atoms with Crippen LogP contribution in [0.25, 0.3) is 0 Å². The molecule has 0 fully saturated rings. The highest BCUT2D eigenvalue weighted by Gasteiger charge is 2.19. The maximum absolute atomic E-state index is 13.8. The Bertz CT molecular complexity index is 893. The lowest BCUT2D eigenvalue weighted by molar-refractivity contribution is 0.244. The van der Waals surface area contributed by atoms with Gasteiger partial charge in [-0.25, -0.2) is 14.4 Å². The van der Waals surface area contributed by atoms with Gasteiger partial charge < -0.3 is 5.32 Å². The lowest BCUT2D eigenvalue weighted by Crippen LogP contribution is -2.30. The molecule has 4 rings (SSSR count). The molecule has 0 radical (unpaired) electrons. The topological polar surface area (TPSA) is 41.1 Å². The van der Waals surface area contributed by atoms with Crippen LogP contribution in [-0.4, -0.2) is 21.4 Å². The lowest BCUT2D eigenvalue weighted by Gasteiger charge is -2.27. The summed E-state index contributed by atoms with van der Waals surface area (Å²) in [7, 11) is 0. The molecule has 1 N–H and O–H groups in total. The SMILES string of the molecule is Cc1ccsc1CN1CCc2nc(Nc3ccccc3F)ncc2C1. The number of aromatic nitrogens is 2. The highest BCUT2D eigenvalue weighted by atomic mass is 32.1. The van der Waals surface area contributed by atoms with Crippen LogP contribution >= 0.6 is 11.3 Å². The van der Waals surface area contributed by atoms with Gasteiger partial charge in [-0.1, -0.05) is 12.1 Å². The van der Waals surface area contributed by atoms with Crippen molar-refractivity contribution in [3.8, 4) is 0 Å². The third-order valence-electron chi connectivity index (χ3n) is 4.47. The van der Waals surface area contributed by atoms with Crippen molar-refractivity contribution in [3.63, 3.8) is 0 Å². The summed E-state index contributed by atoms with van der Waals surface area (Å²) in [6.07, 6.45) is 2.74. The van der Waals surface area contributed by atoms with Crippen LogP contribution in [-0.2, 0) is 19.5 Å². The number of nitrogens with zero attached hydrogens (tertiary/aromatic N) is 3. The monoisotopic (exact) mass is 354 g/mol. The molecule has 0 saturated carbocycles. The minimum absolute atomic E-state index is 0.304. The Morgan fingerprint density at radius 1 is 1.28 bits per heavy atom. The maximum atomic E-state index is 13.8. The van der Waals surface area contributed by atoms with Gasteiger partial charge >= 0.3 is 0 Å². The highest BCUT2D eigenvalue weighted by molar-refractivity contribution is 7.10. The van der Waals surface area contributed by atoms with E-state index >= 15 is 0 Å². The van der Waals surface area contributed by atoms with Gasteiger partial charge in [0.05, 0.1) is 11.4 Å². The Morgan fingerprint density at radius 2 is 2.16 bits per heavy atom. The molecule has 0 amide bonds. The molecule has 1 aromatic carbocycles. The van der Waals surface area contributed by atoms with Crippen molar-refractivity contribution < 1.29 is 4.39 Å². The van der Waals surface area contributed by atoms with Crippen molar-refractivity contribution in [3.05, 3.63) is 69.4 Å². The van der Waals surface area contributed by atoms with E-state index in [0.29, 0.717) is 11.6 Å². The molecule has 1 aliphatic heterocycles. The van der Waals surface area contributed by atoms with Crippen molar-refractivity contribution in [2.24, 2.45) is 0 Å². The van der Waals surface area contributed by atoms with Crippen LogP contribution in [0.15, 0.2) is 41.9 Å². The Kier molecular flexibility index (Phi) is 4.46. The van der Waals surface area contributed by atoms with E-state index in [9.17, 15) is 4.39 Å². The lowest BCUT2D eigenvalue weighted by atomic mass is 10.1. The van der Waals surface area contributed by atoms with E-state index in [1.807, 2.05) is 17.5 Å². The average Bonchev–Trinajstić information content (AvgIpc) is 3.02. The number of anilines is 2. The fourth-order valence-corrected chi connectivity index (χ4v) is 3.97. The second kappa shape index (κ2) is 6.90. The molecule has 0 spiro atoms. The zero-order valence-electron chi connectivity index (χ0n) is 14.0. The number of aryl methyl sites for hydroxylation is 1. The van der Waals surface area contributed by atoms with E-state index < -0.39 is 0 Å². The number of para-hydroxylation sites is 1. The first-order valence-corrected chi connectivity index (χ1v) is 9.18. The van der Waals surface area contributed by atoms with Gasteiger partial charge in [-0.2, -0.15) is 0 Å². The van der Waals surface area contributed by atoms with Gasteiger partial charge in [0.15, 0.2) is 0 Å². The largest absolute Gasteiger partial charge is 0.322 e. The molecule has 6 heteroatoms. The number of rotatable bonds is 4. The number of fused-ring (bicyclic) bond motifs is 1. The number of thiophene rings is 1. The molecule has 25 heavy (non-hydrogen) atoms. The number of nitrogens with one attached hydrogen (secondary N) is 1. The van der Waals surface area contributed by atoms with Crippen LogP contribution in [0.5, 0.6) is 0 Å². The highest BCUT2D eigenvalue weighted by Crippen LogP contribution is 2.24. The molecule has 0 atom stereocenters. The molecule has 0 bridgehead atoms. The fourth-order valence-electron chi connectivity index (χ4n) is 3.02. The minimum atomic E-state index is -0.304. The van der Waals surface area contributed by atoms with E-state index in [4.69, 9.17) is 0 Å². The smallest absolute Gasteiger partial charge is 0.227 e. The maximum Gasteiger partial charge on any atom is 0.227 e. The number of halogens is 1. The molecule has 4 nitrogen and oxygen atoms in total. The predicted octanol–water partition coefficient (Wildman–Crippen LogP) is 4.29. The van der Waals surface area contributed by atoms with Crippen LogP contribution in [0.2, 0.25) is 0 Å². The average molecular weight is 354 g/mol. The van der Waals surface area contributed by atoms with Gasteiger partial charge in [0.25, 0.3) is 0 Å². The quantitative estimate of drug-likeness (QED) is 0.759. The second-order valence-corrected chi connectivity index (χ2v) is 7.26. The van der Waals surface area contributed by atoms with E-state index in [2.05, 4.69) is 38.6 Å². The molecule has 3 heterocycles. The van der Waals surface area contributed by atoms with Crippen molar-refractivity contribution in [1.82, 2.24) is 14.9 Å². The molecular formula is C19H19FN4S. The van der Waals surface area contributed by atoms with Crippen LogP contribution in [0.4, 0.5) is 16.0 Å². The first kappa shape index (κ1) is 16.2. The summed E-state index contributed by atoms with van der Waals surface area (Å²) in [5.74, 6) is 0.146. The zero-order valence-corrected chi connectivity index (χ0v) is 14.8. The van der Waals surface area contributed by atoms with Gasteiger partial charge in [0.1, 0.15) is 5.82 Å². The van der Waals surface area contributed by atoms with E-state index in [-0.39, 0.29) is 5.82 Å². The van der Waals surface area contributed by atoms with Crippen molar-refractivity contribution >= 4 is 23.0 Å². The van der Waals surface area contributed by atoms with Crippen LogP contribution in [0.3, 0.4) is 0 Å². The predicted molar refractivity (Wildman–Crippen MR) is 98.6 cm³/mol. The molecule has 0 saturated heterocycles. The van der Waals surface area contributed by atoms with E-state index in [0.717, 1.165) is 37.3 Å². The second-order valence-electron chi connectivity index (χ2n) is 6.26. The molecule has 0 unspecified atom stereocenters. The molecule has 2 aromatic heterocycles. The standard InChI is InChI=1S/C19H19FN4S/c1-13-7-9-25-18(13)12-24-8-6-16-14(11-24)10-21-19(22-16)23-17-5-3-2-4-15(17)20/h2-5,7,9-10H,6,8,11-12H2,1H3,(H,21,22,23). The molecular weight excluding hydrogens is 335 g/mol. The molecule has 0 aliphatic carbocycles. The third kappa shape index (κ3) is 3.55. The summed E-state index contributed by atoms with van der Waals surface area (Å²) in [4.78, 5) is 12.8. The van der Waals surface area contributed by atoms with Crippen molar-refractivity contribution in [1.29, 1.82) is 0 Å². The first-order valence-electron chi connectivity index (χ1n) is 8.31. The van der Waals surface area contributed by atoms with Gasteiger partial charge in [0, 0.05) is 42.7 Å². The Hall–Kier alpha value is -2.31. The number of benzene rings is 1. The van der Waals surface area contributed by atoms with Gasteiger partial charge in [-0.3, -0.25) is 4.90 Å². The van der Waals surface area contributed by atoms with Gasteiger partial charge in [0.2, 0.25) is 5.95 Å². The Labute approximate surface area is 150 Å². The summed E-state index contributed by atoms with van der Waals surface area (Å²) in [5, 5.41) is 5.11. The zero-order chi connectivity index (χ0) is 17.2. The normalized spacial score (nSPS) is 14.3. The van der Waals surface area contributed by atoms with E-state index in [1.54, 1.807) is 18.2 Å². The van der Waals surface area contributed by atoms with Crippen molar-refractivity contribution in [2.45, 2.75) is 26.4 Å². The van der Waals surface area contributed by atoms with Crippen LogP contribution < -0.4 is 5.32 Å². The minimum Gasteiger partial charge on any atom is -0.322 e. The van der Waals surface area contributed by atoms with Crippen molar-refractivity contribution in [2.75, 3.05) is 11.9 Å². The summed E-state index contributed by atoms with van der Waals surface area (Å²) in [6, 6.07) is 8.72. The summed E-state index contributed by atoms with van der Waals surface area (Å²) >= 11 is 1.81.